The van der Waals surface area contributed by atoms with Gasteiger partial charge in [-0.25, -0.2) is 4.98 Å². The van der Waals surface area contributed by atoms with E-state index in [-0.39, 0.29) is 23.7 Å². The van der Waals surface area contributed by atoms with Crippen LogP contribution in [0.3, 0.4) is 0 Å². The Kier molecular flexibility index (Phi) is 6.68. The number of nitrogens with zero attached hydrogens (tertiary/aromatic N) is 5. The van der Waals surface area contributed by atoms with Crippen LogP contribution in [-0.4, -0.2) is 66.9 Å². The van der Waals surface area contributed by atoms with Gasteiger partial charge in [0.2, 0.25) is 5.91 Å². The molecular formula is C21H26N6O4. The number of carbonyl (C=O) groups is 2. The Hall–Kier alpha value is -3.69. The quantitative estimate of drug-likeness (QED) is 0.552. The molecule has 0 atom stereocenters. The minimum Gasteiger partial charge on any atom is -0.363 e. The van der Waals surface area contributed by atoms with Crippen molar-refractivity contribution in [2.24, 2.45) is 0 Å². The lowest BCUT2D eigenvalue weighted by molar-refractivity contribution is -0.384. The third-order valence-corrected chi connectivity index (χ3v) is 5.22. The summed E-state index contributed by atoms with van der Waals surface area (Å²) < 4.78 is 0. The SMILES string of the molecule is CC(=O)N1CCN(c2ccc(C(=O)NCc3ccc(N(C)C)nc3)cc2[N+](=O)[O-])CC1. The van der Waals surface area contributed by atoms with E-state index >= 15 is 0 Å². The van der Waals surface area contributed by atoms with E-state index in [1.807, 2.05) is 36.0 Å². The van der Waals surface area contributed by atoms with E-state index in [4.69, 9.17) is 0 Å². The number of nitro groups is 1. The second-order valence-corrected chi connectivity index (χ2v) is 7.56. The Morgan fingerprint density at radius 3 is 2.42 bits per heavy atom. The largest absolute Gasteiger partial charge is 0.363 e. The Labute approximate surface area is 180 Å². The van der Waals surface area contributed by atoms with Gasteiger partial charge in [0.05, 0.1) is 4.92 Å². The summed E-state index contributed by atoms with van der Waals surface area (Å²) in [6.45, 7) is 3.80. The van der Waals surface area contributed by atoms with Crippen molar-refractivity contribution in [1.29, 1.82) is 0 Å². The fourth-order valence-corrected chi connectivity index (χ4v) is 3.41. The molecule has 0 aliphatic carbocycles. The van der Waals surface area contributed by atoms with Crippen molar-refractivity contribution in [2.45, 2.75) is 13.5 Å². The number of rotatable bonds is 6. The molecule has 0 bridgehead atoms. The van der Waals surface area contributed by atoms with Crippen LogP contribution in [0.4, 0.5) is 17.2 Å². The highest BCUT2D eigenvalue weighted by Crippen LogP contribution is 2.30. The van der Waals surface area contributed by atoms with Crippen molar-refractivity contribution in [1.82, 2.24) is 15.2 Å². The van der Waals surface area contributed by atoms with Gasteiger partial charge in [0, 0.05) is 71.6 Å². The number of hydrogen-bond donors (Lipinski definition) is 1. The Morgan fingerprint density at radius 2 is 1.87 bits per heavy atom. The number of anilines is 2. The van der Waals surface area contributed by atoms with Gasteiger partial charge in [-0.2, -0.15) is 0 Å². The molecule has 1 fully saturated rings. The first-order chi connectivity index (χ1) is 14.8. The molecule has 0 radical (unpaired) electrons. The summed E-state index contributed by atoms with van der Waals surface area (Å²) in [5, 5.41) is 14.4. The first-order valence-electron chi connectivity index (χ1n) is 9.95. The molecule has 0 spiro atoms. The summed E-state index contributed by atoms with van der Waals surface area (Å²) in [4.78, 5) is 45.0. The summed E-state index contributed by atoms with van der Waals surface area (Å²) in [6, 6.07) is 8.21. The summed E-state index contributed by atoms with van der Waals surface area (Å²) in [5.41, 5.74) is 1.37. The predicted octanol–water partition coefficient (Wildman–Crippen LogP) is 1.65. The molecule has 0 unspecified atom stereocenters. The van der Waals surface area contributed by atoms with Gasteiger partial charge < -0.3 is 20.0 Å². The maximum Gasteiger partial charge on any atom is 0.293 e. The molecule has 31 heavy (non-hydrogen) atoms. The standard InChI is InChI=1S/C21H26N6O4/c1-15(28)25-8-10-26(11-9-25)18-6-5-17(12-19(18)27(30)31)21(29)23-14-16-4-7-20(22-13-16)24(2)3/h4-7,12-13H,8-11,14H2,1-3H3,(H,23,29). The first-order valence-corrected chi connectivity index (χ1v) is 9.95. The van der Waals surface area contributed by atoms with E-state index in [2.05, 4.69) is 10.3 Å². The Bertz CT molecular complexity index is 968. The molecule has 1 aromatic heterocycles. The van der Waals surface area contributed by atoms with Gasteiger partial charge in [-0.05, 0) is 23.8 Å². The lowest BCUT2D eigenvalue weighted by atomic mass is 10.1. The molecule has 1 saturated heterocycles. The normalized spacial score (nSPS) is 13.6. The highest BCUT2D eigenvalue weighted by atomic mass is 16.6. The molecule has 2 aromatic rings. The highest BCUT2D eigenvalue weighted by Gasteiger charge is 2.25. The maximum absolute atomic E-state index is 12.6. The summed E-state index contributed by atoms with van der Waals surface area (Å²) in [6.07, 6.45) is 1.68. The number of pyridine rings is 1. The van der Waals surface area contributed by atoms with Gasteiger partial charge in [-0.1, -0.05) is 6.07 Å². The fraction of sp³-hybridized carbons (Fsp3) is 0.381. The lowest BCUT2D eigenvalue weighted by Crippen LogP contribution is -2.48. The number of nitrogens with one attached hydrogen (secondary N) is 1. The first kappa shape index (κ1) is 22.0. The molecule has 1 aliphatic rings. The van der Waals surface area contributed by atoms with Crippen LogP contribution >= 0.6 is 0 Å². The number of benzene rings is 1. The molecule has 1 aliphatic heterocycles. The van der Waals surface area contributed by atoms with Gasteiger partial charge >= 0.3 is 0 Å². The van der Waals surface area contributed by atoms with E-state index in [0.717, 1.165) is 11.4 Å². The third kappa shape index (κ3) is 5.27. The molecule has 164 valence electrons. The fourth-order valence-electron chi connectivity index (χ4n) is 3.41. The van der Waals surface area contributed by atoms with Crippen molar-refractivity contribution < 1.29 is 14.5 Å². The number of hydrogen-bond acceptors (Lipinski definition) is 7. The molecule has 1 N–H and O–H groups in total. The molecule has 10 nitrogen and oxygen atoms in total. The molecule has 0 saturated carbocycles. The van der Waals surface area contributed by atoms with Crippen LogP contribution in [-0.2, 0) is 11.3 Å². The Balaban J connectivity index is 1.69. The average molecular weight is 426 g/mol. The minimum atomic E-state index is -0.479. The van der Waals surface area contributed by atoms with Crippen molar-refractivity contribution >= 4 is 29.0 Å². The second-order valence-electron chi connectivity index (χ2n) is 7.56. The lowest BCUT2D eigenvalue weighted by Gasteiger charge is -2.35. The minimum absolute atomic E-state index is 0.00674. The van der Waals surface area contributed by atoms with E-state index in [0.29, 0.717) is 31.9 Å². The number of carbonyl (C=O) groups excluding carboxylic acids is 2. The maximum atomic E-state index is 12.6. The molecular weight excluding hydrogens is 400 g/mol. The van der Waals surface area contributed by atoms with Crippen LogP contribution in [0.2, 0.25) is 0 Å². The summed E-state index contributed by atoms with van der Waals surface area (Å²) in [7, 11) is 3.78. The zero-order valence-corrected chi connectivity index (χ0v) is 17.9. The van der Waals surface area contributed by atoms with Crippen molar-refractivity contribution in [3.8, 4) is 0 Å². The van der Waals surface area contributed by atoms with Crippen molar-refractivity contribution in [3.05, 3.63) is 57.8 Å². The number of piperazine rings is 1. The number of nitro benzene ring substituents is 1. The summed E-state index contributed by atoms with van der Waals surface area (Å²) in [5.74, 6) is 0.408. The van der Waals surface area contributed by atoms with Gasteiger partial charge in [-0.15, -0.1) is 0 Å². The molecule has 2 amide bonds. The zero-order chi connectivity index (χ0) is 22.5. The van der Waals surface area contributed by atoms with Gasteiger partial charge in [0.15, 0.2) is 0 Å². The van der Waals surface area contributed by atoms with Crippen LogP contribution in [0, 0.1) is 10.1 Å². The van der Waals surface area contributed by atoms with Gasteiger partial charge in [0.25, 0.3) is 11.6 Å². The zero-order valence-electron chi connectivity index (χ0n) is 17.9. The molecule has 10 heteroatoms. The molecule has 3 rings (SSSR count). The van der Waals surface area contributed by atoms with Crippen LogP contribution in [0.1, 0.15) is 22.8 Å². The van der Waals surface area contributed by atoms with Crippen LogP contribution in [0.15, 0.2) is 36.5 Å². The number of aromatic nitrogens is 1. The van der Waals surface area contributed by atoms with E-state index < -0.39 is 10.8 Å². The van der Waals surface area contributed by atoms with Gasteiger partial charge in [-0.3, -0.25) is 19.7 Å². The molecule has 1 aromatic carbocycles. The number of amides is 2. The topological polar surface area (TPSA) is 112 Å². The van der Waals surface area contributed by atoms with Crippen LogP contribution in [0.5, 0.6) is 0 Å². The van der Waals surface area contributed by atoms with E-state index in [9.17, 15) is 19.7 Å². The molecule has 2 heterocycles. The Morgan fingerprint density at radius 1 is 1.16 bits per heavy atom. The van der Waals surface area contributed by atoms with E-state index in [1.54, 1.807) is 23.2 Å². The van der Waals surface area contributed by atoms with Crippen molar-refractivity contribution in [2.75, 3.05) is 50.1 Å². The highest BCUT2D eigenvalue weighted by molar-refractivity contribution is 5.95. The van der Waals surface area contributed by atoms with Gasteiger partial charge in [0.1, 0.15) is 11.5 Å². The monoisotopic (exact) mass is 426 g/mol. The van der Waals surface area contributed by atoms with Crippen LogP contribution < -0.4 is 15.1 Å². The third-order valence-electron chi connectivity index (χ3n) is 5.22. The van der Waals surface area contributed by atoms with Crippen LogP contribution in [0.25, 0.3) is 0 Å². The van der Waals surface area contributed by atoms with E-state index in [1.165, 1.54) is 13.0 Å². The predicted molar refractivity (Wildman–Crippen MR) is 117 cm³/mol. The second kappa shape index (κ2) is 9.41. The smallest absolute Gasteiger partial charge is 0.293 e. The average Bonchev–Trinajstić information content (AvgIpc) is 2.77. The van der Waals surface area contributed by atoms with Crippen molar-refractivity contribution in [3.63, 3.8) is 0 Å². The summed E-state index contributed by atoms with van der Waals surface area (Å²) >= 11 is 0.